The number of amides is 2. The third-order valence-corrected chi connectivity index (χ3v) is 6.11. The van der Waals surface area contributed by atoms with Crippen molar-refractivity contribution in [3.8, 4) is 5.75 Å². The Hall–Kier alpha value is -2.83. The quantitative estimate of drug-likeness (QED) is 0.724. The van der Waals surface area contributed by atoms with Crippen molar-refractivity contribution in [1.82, 2.24) is 9.80 Å². The van der Waals surface area contributed by atoms with Gasteiger partial charge in [0.15, 0.2) is 6.10 Å². The van der Waals surface area contributed by atoms with Crippen LogP contribution in [0, 0.1) is 0 Å². The van der Waals surface area contributed by atoms with Crippen LogP contribution in [-0.2, 0) is 22.4 Å². The van der Waals surface area contributed by atoms with Crippen molar-refractivity contribution in [2.45, 2.75) is 52.1 Å². The van der Waals surface area contributed by atoms with E-state index in [-0.39, 0.29) is 17.4 Å². The van der Waals surface area contributed by atoms with Crippen molar-refractivity contribution in [2.75, 3.05) is 26.2 Å². The number of carbonyl (C=O) groups is 2. The average molecular weight is 412 g/mol. The summed E-state index contributed by atoms with van der Waals surface area (Å²) in [5.74, 6) is 0.434. The Balaban J connectivity index is 1.49. The van der Waals surface area contributed by atoms with Gasteiger partial charge >= 0.3 is 5.63 Å². The summed E-state index contributed by atoms with van der Waals surface area (Å²) in [7, 11) is 0. The molecule has 30 heavy (non-hydrogen) atoms. The molecule has 2 aliphatic rings. The predicted octanol–water partition coefficient (Wildman–Crippen LogP) is 2.52. The summed E-state index contributed by atoms with van der Waals surface area (Å²) in [6.07, 6.45) is 3.84. The highest BCUT2D eigenvalue weighted by Gasteiger charge is 2.26. The van der Waals surface area contributed by atoms with Gasteiger partial charge in [-0.3, -0.25) is 9.59 Å². The predicted molar refractivity (Wildman–Crippen MR) is 113 cm³/mol. The number of carbonyl (C=O) groups excluding carboxylic acids is 2. The van der Waals surface area contributed by atoms with E-state index in [1.807, 2.05) is 12.1 Å². The van der Waals surface area contributed by atoms with Crippen LogP contribution in [0.25, 0.3) is 11.0 Å². The standard InChI is InChI=1S/C23H28N2O5/c1-15(22(27)25-11-5-10-24(12-13-25)16(2)26)29-17-8-9-19-18-6-3-4-7-20(18)23(28)30-21(19)14-17/h8-9,14-15H,3-7,10-13H2,1-2H3. The summed E-state index contributed by atoms with van der Waals surface area (Å²) >= 11 is 0. The van der Waals surface area contributed by atoms with Gasteiger partial charge in [-0.2, -0.15) is 0 Å². The number of fused-ring (bicyclic) bond motifs is 3. The number of benzene rings is 1. The molecule has 2 heterocycles. The van der Waals surface area contributed by atoms with E-state index in [0.717, 1.165) is 48.6 Å². The molecule has 1 aromatic heterocycles. The van der Waals surface area contributed by atoms with Gasteiger partial charge in [0.2, 0.25) is 5.91 Å². The van der Waals surface area contributed by atoms with E-state index in [4.69, 9.17) is 9.15 Å². The number of ether oxygens (including phenoxy) is 1. The SMILES string of the molecule is CC(=O)N1CCCN(C(=O)C(C)Oc2ccc3c4c(c(=O)oc3c2)CCCC4)CC1. The van der Waals surface area contributed by atoms with E-state index in [0.29, 0.717) is 37.5 Å². The lowest BCUT2D eigenvalue weighted by molar-refractivity contribution is -0.138. The molecule has 1 fully saturated rings. The van der Waals surface area contributed by atoms with Gasteiger partial charge in [0.05, 0.1) is 0 Å². The van der Waals surface area contributed by atoms with E-state index in [9.17, 15) is 14.4 Å². The highest BCUT2D eigenvalue weighted by molar-refractivity contribution is 5.84. The third kappa shape index (κ3) is 4.06. The average Bonchev–Trinajstić information content (AvgIpc) is 3.00. The van der Waals surface area contributed by atoms with Gasteiger partial charge in [-0.15, -0.1) is 0 Å². The first-order valence-corrected chi connectivity index (χ1v) is 10.7. The van der Waals surface area contributed by atoms with Crippen molar-refractivity contribution in [1.29, 1.82) is 0 Å². The zero-order valence-electron chi connectivity index (χ0n) is 17.6. The monoisotopic (exact) mass is 412 g/mol. The van der Waals surface area contributed by atoms with Gasteiger partial charge in [0.1, 0.15) is 11.3 Å². The molecule has 160 valence electrons. The highest BCUT2D eigenvalue weighted by Crippen LogP contribution is 2.29. The largest absolute Gasteiger partial charge is 0.481 e. The Morgan fingerprint density at radius 3 is 2.47 bits per heavy atom. The number of hydrogen-bond donors (Lipinski definition) is 0. The normalized spacial score (nSPS) is 17.9. The maximum atomic E-state index is 12.9. The molecule has 0 N–H and O–H groups in total. The fourth-order valence-electron chi connectivity index (χ4n) is 4.46. The van der Waals surface area contributed by atoms with Gasteiger partial charge in [0, 0.05) is 50.1 Å². The summed E-state index contributed by atoms with van der Waals surface area (Å²) in [4.78, 5) is 40.3. The smallest absolute Gasteiger partial charge is 0.339 e. The molecule has 7 heteroatoms. The molecule has 0 spiro atoms. The lowest BCUT2D eigenvalue weighted by atomic mass is 9.91. The summed E-state index contributed by atoms with van der Waals surface area (Å²) < 4.78 is 11.4. The van der Waals surface area contributed by atoms with Crippen LogP contribution in [0.1, 0.15) is 44.2 Å². The molecule has 4 rings (SSSR count). The molecular weight excluding hydrogens is 384 g/mol. The maximum absolute atomic E-state index is 12.9. The molecule has 1 aliphatic heterocycles. The molecule has 1 atom stereocenters. The Morgan fingerprint density at radius 2 is 1.70 bits per heavy atom. The molecule has 1 saturated heterocycles. The summed E-state index contributed by atoms with van der Waals surface area (Å²) in [5, 5.41) is 0.951. The van der Waals surface area contributed by atoms with Gasteiger partial charge in [-0.25, -0.2) is 4.79 Å². The molecule has 1 unspecified atom stereocenters. The molecule has 2 aromatic rings. The summed E-state index contributed by atoms with van der Waals surface area (Å²) in [6, 6.07) is 5.46. The van der Waals surface area contributed by atoms with Gasteiger partial charge in [-0.1, -0.05) is 0 Å². The second-order valence-electron chi connectivity index (χ2n) is 8.16. The minimum atomic E-state index is -0.671. The lowest BCUT2D eigenvalue weighted by Crippen LogP contribution is -2.42. The van der Waals surface area contributed by atoms with Crippen molar-refractivity contribution in [2.24, 2.45) is 0 Å². The topological polar surface area (TPSA) is 80.1 Å². The number of rotatable bonds is 3. The fraction of sp³-hybridized carbons (Fsp3) is 0.522. The molecule has 0 bridgehead atoms. The Labute approximate surface area is 175 Å². The van der Waals surface area contributed by atoms with Gasteiger partial charge in [0.25, 0.3) is 5.91 Å². The Morgan fingerprint density at radius 1 is 1.00 bits per heavy atom. The molecule has 7 nitrogen and oxygen atoms in total. The summed E-state index contributed by atoms with van der Waals surface area (Å²) in [6.45, 7) is 5.60. The third-order valence-electron chi connectivity index (χ3n) is 6.11. The van der Waals surface area contributed by atoms with E-state index in [1.165, 1.54) is 0 Å². The second kappa shape index (κ2) is 8.50. The van der Waals surface area contributed by atoms with Crippen molar-refractivity contribution in [3.63, 3.8) is 0 Å². The van der Waals surface area contributed by atoms with E-state index >= 15 is 0 Å². The highest BCUT2D eigenvalue weighted by atomic mass is 16.5. The summed E-state index contributed by atoms with van der Waals surface area (Å²) in [5.41, 5.74) is 2.12. The van der Waals surface area contributed by atoms with E-state index in [2.05, 4.69) is 0 Å². The van der Waals surface area contributed by atoms with Crippen molar-refractivity contribution < 1.29 is 18.7 Å². The minimum absolute atomic E-state index is 0.0356. The van der Waals surface area contributed by atoms with Gasteiger partial charge < -0.3 is 19.0 Å². The molecule has 0 saturated carbocycles. The second-order valence-corrected chi connectivity index (χ2v) is 8.16. The van der Waals surface area contributed by atoms with Crippen molar-refractivity contribution in [3.05, 3.63) is 39.7 Å². The lowest BCUT2D eigenvalue weighted by Gasteiger charge is -2.25. The zero-order valence-corrected chi connectivity index (χ0v) is 17.6. The van der Waals surface area contributed by atoms with Crippen LogP contribution in [0.4, 0.5) is 0 Å². The first-order chi connectivity index (χ1) is 14.4. The first-order valence-electron chi connectivity index (χ1n) is 10.7. The first kappa shape index (κ1) is 20.4. The van der Waals surface area contributed by atoms with Gasteiger partial charge in [-0.05, 0) is 56.7 Å². The van der Waals surface area contributed by atoms with E-state index in [1.54, 1.807) is 29.7 Å². The fourth-order valence-corrected chi connectivity index (χ4v) is 4.46. The van der Waals surface area contributed by atoms with Crippen LogP contribution in [0.2, 0.25) is 0 Å². The minimum Gasteiger partial charge on any atom is -0.481 e. The van der Waals surface area contributed by atoms with Crippen LogP contribution in [0.5, 0.6) is 5.75 Å². The van der Waals surface area contributed by atoms with Crippen LogP contribution in [0.3, 0.4) is 0 Å². The zero-order chi connectivity index (χ0) is 21.3. The van der Waals surface area contributed by atoms with Crippen molar-refractivity contribution >= 4 is 22.8 Å². The van der Waals surface area contributed by atoms with Crippen LogP contribution in [-0.4, -0.2) is 53.9 Å². The van der Waals surface area contributed by atoms with Crippen LogP contribution < -0.4 is 10.4 Å². The van der Waals surface area contributed by atoms with E-state index < -0.39 is 6.10 Å². The molecule has 0 radical (unpaired) electrons. The maximum Gasteiger partial charge on any atom is 0.339 e. The molecule has 1 aliphatic carbocycles. The Kier molecular flexibility index (Phi) is 5.79. The number of nitrogens with zero attached hydrogens (tertiary/aromatic N) is 2. The number of aryl methyl sites for hydroxylation is 1. The Bertz CT molecular complexity index is 1030. The number of hydrogen-bond acceptors (Lipinski definition) is 5. The molecule has 1 aromatic carbocycles. The molecular formula is C23H28N2O5. The van der Waals surface area contributed by atoms with Crippen LogP contribution >= 0.6 is 0 Å². The molecule has 2 amide bonds. The van der Waals surface area contributed by atoms with Crippen LogP contribution in [0.15, 0.2) is 27.4 Å².